The zero-order valence-electron chi connectivity index (χ0n) is 13.9. The van der Waals surface area contributed by atoms with E-state index in [0.717, 1.165) is 11.6 Å². The lowest BCUT2D eigenvalue weighted by atomic mass is 9.89. The largest absolute Gasteiger partial charge is 0.497 e. The van der Waals surface area contributed by atoms with Gasteiger partial charge in [-0.15, -0.1) is 0 Å². The third kappa shape index (κ3) is 2.81. The summed E-state index contributed by atoms with van der Waals surface area (Å²) in [5, 5.41) is 2.76. The first-order valence-corrected chi connectivity index (χ1v) is 8.02. The quantitative estimate of drug-likeness (QED) is 0.781. The first-order valence-electron chi connectivity index (χ1n) is 8.02. The van der Waals surface area contributed by atoms with Crippen LogP contribution < -0.4 is 10.1 Å². The predicted octanol–water partition coefficient (Wildman–Crippen LogP) is 3.63. The minimum absolute atomic E-state index is 0.191. The van der Waals surface area contributed by atoms with Crippen LogP contribution in [-0.2, 0) is 4.79 Å². The maximum Gasteiger partial charge on any atom is 0.226 e. The molecule has 26 heavy (non-hydrogen) atoms. The molecule has 132 valence electrons. The van der Waals surface area contributed by atoms with Crippen LogP contribution in [0.15, 0.2) is 48.8 Å². The highest BCUT2D eigenvalue weighted by atomic mass is 19.1. The molecule has 1 atom stereocenters. The molecule has 0 bridgehead atoms. The summed E-state index contributed by atoms with van der Waals surface area (Å²) >= 11 is 0. The lowest BCUT2D eigenvalue weighted by Crippen LogP contribution is -2.25. The van der Waals surface area contributed by atoms with Gasteiger partial charge in [0, 0.05) is 18.4 Å². The molecule has 0 saturated heterocycles. The number of nitrogens with one attached hydrogen (secondary N) is 1. The number of hydrogen-bond donors (Lipinski definition) is 1. The molecule has 1 amide bonds. The summed E-state index contributed by atoms with van der Waals surface area (Å²) in [6.45, 7) is 0. The van der Waals surface area contributed by atoms with E-state index in [-0.39, 0.29) is 23.9 Å². The fraction of sp³-hybridized carbons (Fsp3) is 0.158. The number of imidazole rings is 1. The van der Waals surface area contributed by atoms with Crippen LogP contribution in [0.25, 0.3) is 5.69 Å². The summed E-state index contributed by atoms with van der Waals surface area (Å²) < 4.78 is 33.9. The zero-order chi connectivity index (χ0) is 18.3. The Morgan fingerprint density at radius 1 is 1.19 bits per heavy atom. The van der Waals surface area contributed by atoms with E-state index in [1.165, 1.54) is 23.0 Å². The lowest BCUT2D eigenvalue weighted by Gasteiger charge is -2.23. The number of halogens is 2. The van der Waals surface area contributed by atoms with Crippen molar-refractivity contribution in [3.05, 3.63) is 71.7 Å². The topological polar surface area (TPSA) is 56.1 Å². The zero-order valence-corrected chi connectivity index (χ0v) is 13.9. The van der Waals surface area contributed by atoms with E-state index >= 15 is 0 Å². The first-order chi connectivity index (χ1) is 12.5. The van der Waals surface area contributed by atoms with E-state index in [4.69, 9.17) is 4.74 Å². The van der Waals surface area contributed by atoms with Gasteiger partial charge in [-0.1, -0.05) is 12.1 Å². The SMILES string of the molecule is COc1cccc([C@@H]2CC(=O)Nc3c2ncn3-c2cc(F)cc(F)c2)c1. The molecule has 0 fully saturated rings. The van der Waals surface area contributed by atoms with Crippen molar-refractivity contribution in [2.75, 3.05) is 12.4 Å². The second-order valence-corrected chi connectivity index (χ2v) is 6.06. The Morgan fingerprint density at radius 2 is 1.96 bits per heavy atom. The lowest BCUT2D eigenvalue weighted by molar-refractivity contribution is -0.116. The Hall–Kier alpha value is -3.22. The summed E-state index contributed by atoms with van der Waals surface area (Å²) in [4.78, 5) is 16.7. The fourth-order valence-electron chi connectivity index (χ4n) is 3.21. The first kappa shape index (κ1) is 16.3. The summed E-state index contributed by atoms with van der Waals surface area (Å²) in [5.74, 6) is -0.763. The molecule has 2 heterocycles. The van der Waals surface area contributed by atoms with Crippen LogP contribution >= 0.6 is 0 Å². The van der Waals surface area contributed by atoms with Gasteiger partial charge >= 0.3 is 0 Å². The highest BCUT2D eigenvalue weighted by Gasteiger charge is 2.31. The van der Waals surface area contributed by atoms with Gasteiger partial charge in [0.25, 0.3) is 0 Å². The van der Waals surface area contributed by atoms with Crippen LogP contribution in [0.2, 0.25) is 0 Å². The van der Waals surface area contributed by atoms with Gasteiger partial charge in [0.2, 0.25) is 5.91 Å². The number of benzene rings is 2. The van der Waals surface area contributed by atoms with Crippen molar-refractivity contribution >= 4 is 11.7 Å². The number of amides is 1. The van der Waals surface area contributed by atoms with E-state index in [2.05, 4.69) is 10.3 Å². The maximum atomic E-state index is 13.6. The van der Waals surface area contributed by atoms with Crippen LogP contribution in [0.3, 0.4) is 0 Å². The summed E-state index contributed by atoms with van der Waals surface area (Å²) in [5.41, 5.74) is 1.78. The van der Waals surface area contributed by atoms with E-state index < -0.39 is 11.6 Å². The van der Waals surface area contributed by atoms with Gasteiger partial charge in [-0.2, -0.15) is 0 Å². The number of fused-ring (bicyclic) bond motifs is 1. The standard InChI is InChI=1S/C19H15F2N3O2/c1-26-15-4-2-3-11(5-15)16-9-17(25)23-19-18(16)22-10-24(19)14-7-12(20)6-13(21)8-14/h2-8,10,16H,9H2,1H3,(H,23,25)/t16-/m0/s1. The van der Waals surface area contributed by atoms with Crippen LogP contribution in [-0.4, -0.2) is 22.6 Å². The molecule has 1 N–H and O–H groups in total. The molecule has 3 aromatic rings. The number of anilines is 1. The average molecular weight is 355 g/mol. The number of aromatic nitrogens is 2. The van der Waals surface area contributed by atoms with Crippen LogP contribution in [0.4, 0.5) is 14.6 Å². The van der Waals surface area contributed by atoms with Crippen molar-refractivity contribution < 1.29 is 18.3 Å². The molecular formula is C19H15F2N3O2. The van der Waals surface area contributed by atoms with Gasteiger partial charge in [-0.05, 0) is 29.8 Å². The van der Waals surface area contributed by atoms with Crippen LogP contribution in [0, 0.1) is 11.6 Å². The van der Waals surface area contributed by atoms with Crippen LogP contribution in [0.5, 0.6) is 5.75 Å². The molecule has 4 rings (SSSR count). The van der Waals surface area contributed by atoms with E-state index in [9.17, 15) is 13.6 Å². The van der Waals surface area contributed by atoms with Gasteiger partial charge in [0.15, 0.2) is 0 Å². The second kappa shape index (κ2) is 6.25. The normalized spacial score (nSPS) is 16.1. The number of carbonyl (C=O) groups is 1. The smallest absolute Gasteiger partial charge is 0.226 e. The van der Waals surface area contributed by atoms with Crippen molar-refractivity contribution in [3.63, 3.8) is 0 Å². The molecule has 5 nitrogen and oxygen atoms in total. The molecular weight excluding hydrogens is 340 g/mol. The average Bonchev–Trinajstić information content (AvgIpc) is 3.04. The van der Waals surface area contributed by atoms with Gasteiger partial charge in [0.05, 0.1) is 18.5 Å². The van der Waals surface area contributed by atoms with Crippen molar-refractivity contribution in [2.24, 2.45) is 0 Å². The van der Waals surface area contributed by atoms with Gasteiger partial charge < -0.3 is 10.1 Å². The van der Waals surface area contributed by atoms with Crippen molar-refractivity contribution in [1.29, 1.82) is 0 Å². The van der Waals surface area contributed by atoms with Crippen molar-refractivity contribution in [3.8, 4) is 11.4 Å². The monoisotopic (exact) mass is 355 g/mol. The minimum Gasteiger partial charge on any atom is -0.497 e. The van der Waals surface area contributed by atoms with Gasteiger partial charge in [-0.25, -0.2) is 13.8 Å². The summed E-state index contributed by atoms with van der Waals surface area (Å²) in [7, 11) is 1.57. The van der Waals surface area contributed by atoms with E-state index in [0.29, 0.717) is 17.3 Å². The molecule has 1 aromatic heterocycles. The van der Waals surface area contributed by atoms with Crippen molar-refractivity contribution in [1.82, 2.24) is 9.55 Å². The summed E-state index contributed by atoms with van der Waals surface area (Å²) in [6, 6.07) is 10.6. The Labute approximate surface area is 148 Å². The van der Waals surface area contributed by atoms with E-state index in [1.54, 1.807) is 7.11 Å². The second-order valence-electron chi connectivity index (χ2n) is 6.06. The van der Waals surface area contributed by atoms with Gasteiger partial charge in [-0.3, -0.25) is 9.36 Å². The number of hydrogen-bond acceptors (Lipinski definition) is 3. The summed E-state index contributed by atoms with van der Waals surface area (Å²) in [6.07, 6.45) is 1.69. The number of rotatable bonds is 3. The number of methoxy groups -OCH3 is 1. The molecule has 0 saturated carbocycles. The molecule has 1 aliphatic rings. The third-order valence-electron chi connectivity index (χ3n) is 4.39. The molecule has 0 aliphatic carbocycles. The Morgan fingerprint density at radius 3 is 2.69 bits per heavy atom. The Kier molecular flexibility index (Phi) is 3.91. The molecule has 7 heteroatoms. The highest BCUT2D eigenvalue weighted by Crippen LogP contribution is 2.38. The molecule has 1 aliphatic heterocycles. The number of carbonyl (C=O) groups excluding carboxylic acids is 1. The fourth-order valence-corrected chi connectivity index (χ4v) is 3.21. The van der Waals surface area contributed by atoms with Crippen molar-refractivity contribution in [2.45, 2.75) is 12.3 Å². The maximum absolute atomic E-state index is 13.6. The molecule has 0 spiro atoms. The minimum atomic E-state index is -0.700. The number of nitrogens with zero attached hydrogens (tertiary/aromatic N) is 2. The van der Waals surface area contributed by atoms with Gasteiger partial charge in [0.1, 0.15) is 29.5 Å². The number of ether oxygens (including phenoxy) is 1. The Balaban J connectivity index is 1.82. The highest BCUT2D eigenvalue weighted by molar-refractivity contribution is 5.94. The molecule has 0 unspecified atom stereocenters. The Bertz CT molecular complexity index is 980. The molecule has 0 radical (unpaired) electrons. The van der Waals surface area contributed by atoms with E-state index in [1.807, 2.05) is 24.3 Å². The van der Waals surface area contributed by atoms with Crippen LogP contribution in [0.1, 0.15) is 23.6 Å². The molecule has 2 aromatic carbocycles. The predicted molar refractivity (Wildman–Crippen MR) is 91.6 cm³/mol. The third-order valence-corrected chi connectivity index (χ3v) is 4.39.